The zero-order chi connectivity index (χ0) is 20.9. The maximum absolute atomic E-state index is 13.2. The smallest absolute Gasteiger partial charge is 0.410 e. The molecule has 154 valence electrons. The number of hydrogen-bond donors (Lipinski definition) is 1. The molecule has 28 heavy (non-hydrogen) atoms. The Kier molecular flexibility index (Phi) is 6.99. The third-order valence-corrected chi connectivity index (χ3v) is 4.36. The normalized spacial score (nSPS) is 15.1. The minimum atomic E-state index is -0.557. The largest absolute Gasteiger partial charge is 0.444 e. The molecule has 0 spiro atoms. The molecule has 1 N–H and O–H groups in total. The number of benzene rings is 1. The van der Waals surface area contributed by atoms with Gasteiger partial charge in [-0.1, -0.05) is 6.07 Å². The van der Waals surface area contributed by atoms with Gasteiger partial charge in [-0.3, -0.25) is 9.59 Å². The molecule has 0 aliphatic carbocycles. The molecule has 0 saturated carbocycles. The van der Waals surface area contributed by atoms with E-state index >= 15 is 0 Å². The van der Waals surface area contributed by atoms with Gasteiger partial charge >= 0.3 is 6.09 Å². The number of hydrogen-bond acceptors (Lipinski definition) is 4. The van der Waals surface area contributed by atoms with Crippen molar-refractivity contribution in [3.05, 3.63) is 30.1 Å². The number of nitrogens with zero attached hydrogens (tertiary/aromatic N) is 2. The SMILES string of the molecule is CN(CC(=O)Nc1cccc(F)c1)C(=O)C1CCN(C(=O)OC(C)(C)C)CC1. The summed E-state index contributed by atoms with van der Waals surface area (Å²) in [6.07, 6.45) is 0.670. The van der Waals surface area contributed by atoms with Crippen molar-refractivity contribution in [3.8, 4) is 0 Å². The Balaban J connectivity index is 1.80. The number of carbonyl (C=O) groups is 3. The average molecular weight is 393 g/mol. The molecule has 0 unspecified atom stereocenters. The summed E-state index contributed by atoms with van der Waals surface area (Å²) in [5, 5.41) is 2.57. The van der Waals surface area contributed by atoms with Crippen molar-refractivity contribution < 1.29 is 23.5 Å². The van der Waals surface area contributed by atoms with E-state index in [-0.39, 0.29) is 24.5 Å². The number of piperidine rings is 1. The Morgan fingerprint density at radius 2 is 1.89 bits per heavy atom. The van der Waals surface area contributed by atoms with Crippen LogP contribution in [-0.4, -0.2) is 60.0 Å². The predicted molar refractivity (Wildman–Crippen MR) is 103 cm³/mol. The monoisotopic (exact) mass is 393 g/mol. The number of amides is 3. The third kappa shape index (κ3) is 6.51. The Morgan fingerprint density at radius 1 is 1.25 bits per heavy atom. The molecular weight excluding hydrogens is 365 g/mol. The predicted octanol–water partition coefficient (Wildman–Crippen LogP) is 2.87. The summed E-state index contributed by atoms with van der Waals surface area (Å²) in [5.41, 5.74) is -0.213. The molecule has 7 nitrogen and oxygen atoms in total. The second-order valence-corrected chi connectivity index (χ2v) is 7.99. The van der Waals surface area contributed by atoms with Gasteiger partial charge in [-0.15, -0.1) is 0 Å². The summed E-state index contributed by atoms with van der Waals surface area (Å²) in [5.74, 6) is -1.23. The lowest BCUT2D eigenvalue weighted by atomic mass is 9.95. The van der Waals surface area contributed by atoms with Gasteiger partial charge in [0.25, 0.3) is 0 Å². The van der Waals surface area contributed by atoms with Crippen molar-refractivity contribution in [2.75, 3.05) is 32.0 Å². The van der Waals surface area contributed by atoms with E-state index in [0.29, 0.717) is 31.6 Å². The Hall–Kier alpha value is -2.64. The van der Waals surface area contributed by atoms with Crippen molar-refractivity contribution in [3.63, 3.8) is 0 Å². The molecule has 0 bridgehead atoms. The van der Waals surface area contributed by atoms with Crippen LogP contribution >= 0.6 is 0 Å². The molecule has 1 aliphatic heterocycles. The first-order chi connectivity index (χ1) is 13.0. The van der Waals surface area contributed by atoms with E-state index in [9.17, 15) is 18.8 Å². The number of anilines is 1. The van der Waals surface area contributed by atoms with Crippen molar-refractivity contribution in [2.24, 2.45) is 5.92 Å². The van der Waals surface area contributed by atoms with Crippen LogP contribution in [0.2, 0.25) is 0 Å². The molecule has 0 aromatic heterocycles. The van der Waals surface area contributed by atoms with Crippen LogP contribution in [0.15, 0.2) is 24.3 Å². The minimum Gasteiger partial charge on any atom is -0.444 e. The maximum Gasteiger partial charge on any atom is 0.410 e. The van der Waals surface area contributed by atoms with Crippen LogP contribution in [0.1, 0.15) is 33.6 Å². The number of carbonyl (C=O) groups excluding carboxylic acids is 3. The summed E-state index contributed by atoms with van der Waals surface area (Å²) in [6.45, 7) is 6.19. The van der Waals surface area contributed by atoms with Crippen LogP contribution in [0, 0.1) is 11.7 Å². The highest BCUT2D eigenvalue weighted by molar-refractivity contribution is 5.94. The standard InChI is InChI=1S/C20H28FN3O4/c1-20(2,3)28-19(27)24-10-8-14(9-11-24)18(26)23(4)13-17(25)22-16-7-5-6-15(21)12-16/h5-7,12,14H,8-11,13H2,1-4H3,(H,22,25). The minimum absolute atomic E-state index is 0.123. The number of nitrogens with one attached hydrogen (secondary N) is 1. The van der Waals surface area contributed by atoms with E-state index in [2.05, 4.69) is 5.32 Å². The molecule has 1 aromatic carbocycles. The molecule has 1 heterocycles. The highest BCUT2D eigenvalue weighted by atomic mass is 19.1. The number of likely N-dealkylation sites (tertiary alicyclic amines) is 1. The van der Waals surface area contributed by atoms with Gasteiger partial charge in [0.1, 0.15) is 11.4 Å². The van der Waals surface area contributed by atoms with Gasteiger partial charge in [-0.05, 0) is 51.8 Å². The number of halogens is 1. The lowest BCUT2D eigenvalue weighted by molar-refractivity contribution is -0.138. The molecular formula is C20H28FN3O4. The first kappa shape index (κ1) is 21.7. The number of ether oxygens (including phenoxy) is 1. The zero-order valence-corrected chi connectivity index (χ0v) is 16.8. The molecule has 8 heteroatoms. The van der Waals surface area contributed by atoms with Gasteiger partial charge in [0.05, 0.1) is 6.54 Å². The lowest BCUT2D eigenvalue weighted by Crippen LogP contribution is -2.46. The van der Waals surface area contributed by atoms with E-state index in [4.69, 9.17) is 4.74 Å². The molecule has 1 fully saturated rings. The second-order valence-electron chi connectivity index (χ2n) is 7.99. The first-order valence-corrected chi connectivity index (χ1v) is 9.33. The molecule has 2 rings (SSSR count). The van der Waals surface area contributed by atoms with E-state index in [1.165, 1.54) is 23.1 Å². The molecule has 1 aliphatic rings. The summed E-state index contributed by atoms with van der Waals surface area (Å²) in [7, 11) is 1.56. The van der Waals surface area contributed by atoms with Crippen molar-refractivity contribution in [2.45, 2.75) is 39.2 Å². The van der Waals surface area contributed by atoms with Crippen LogP contribution in [-0.2, 0) is 14.3 Å². The fourth-order valence-electron chi connectivity index (χ4n) is 3.01. The van der Waals surface area contributed by atoms with Crippen LogP contribution in [0.25, 0.3) is 0 Å². The Morgan fingerprint density at radius 3 is 2.46 bits per heavy atom. The fraction of sp³-hybridized carbons (Fsp3) is 0.550. The van der Waals surface area contributed by atoms with Crippen molar-refractivity contribution >= 4 is 23.6 Å². The van der Waals surface area contributed by atoms with Crippen LogP contribution in [0.4, 0.5) is 14.9 Å². The third-order valence-electron chi connectivity index (χ3n) is 4.36. The zero-order valence-electron chi connectivity index (χ0n) is 16.8. The molecule has 3 amide bonds. The van der Waals surface area contributed by atoms with Crippen LogP contribution in [0.5, 0.6) is 0 Å². The highest BCUT2D eigenvalue weighted by Gasteiger charge is 2.31. The topological polar surface area (TPSA) is 79.0 Å². The molecule has 0 atom stereocenters. The lowest BCUT2D eigenvalue weighted by Gasteiger charge is -2.34. The summed E-state index contributed by atoms with van der Waals surface area (Å²) in [6, 6.07) is 5.58. The van der Waals surface area contributed by atoms with Gasteiger partial charge in [-0.2, -0.15) is 0 Å². The second kappa shape index (κ2) is 9.03. The summed E-state index contributed by atoms with van der Waals surface area (Å²) < 4.78 is 18.5. The van der Waals surface area contributed by atoms with E-state index < -0.39 is 17.3 Å². The van der Waals surface area contributed by atoms with E-state index in [1.807, 2.05) is 20.8 Å². The highest BCUT2D eigenvalue weighted by Crippen LogP contribution is 2.21. The van der Waals surface area contributed by atoms with Crippen molar-refractivity contribution in [1.82, 2.24) is 9.80 Å². The quantitative estimate of drug-likeness (QED) is 0.853. The van der Waals surface area contributed by atoms with Crippen LogP contribution in [0.3, 0.4) is 0 Å². The van der Waals surface area contributed by atoms with Gasteiger partial charge in [0, 0.05) is 31.7 Å². The maximum atomic E-state index is 13.2. The Bertz CT molecular complexity index is 724. The molecule has 1 aromatic rings. The van der Waals surface area contributed by atoms with Gasteiger partial charge in [0.15, 0.2) is 0 Å². The Labute approximate surface area is 164 Å². The fourth-order valence-corrected chi connectivity index (χ4v) is 3.01. The average Bonchev–Trinajstić information content (AvgIpc) is 2.59. The van der Waals surface area contributed by atoms with Crippen LogP contribution < -0.4 is 5.32 Å². The summed E-state index contributed by atoms with van der Waals surface area (Å²) in [4.78, 5) is 39.8. The first-order valence-electron chi connectivity index (χ1n) is 9.33. The van der Waals surface area contributed by atoms with Gasteiger partial charge in [-0.25, -0.2) is 9.18 Å². The molecule has 0 radical (unpaired) electrons. The van der Waals surface area contributed by atoms with Gasteiger partial charge in [0.2, 0.25) is 11.8 Å². The summed E-state index contributed by atoms with van der Waals surface area (Å²) >= 11 is 0. The van der Waals surface area contributed by atoms with E-state index in [1.54, 1.807) is 18.0 Å². The number of likely N-dealkylation sites (N-methyl/N-ethyl adjacent to an activating group) is 1. The molecule has 1 saturated heterocycles. The van der Waals surface area contributed by atoms with E-state index in [0.717, 1.165) is 0 Å². The van der Waals surface area contributed by atoms with Gasteiger partial charge < -0.3 is 19.9 Å². The van der Waals surface area contributed by atoms with Crippen molar-refractivity contribution in [1.29, 1.82) is 0 Å². The number of rotatable bonds is 4.